The van der Waals surface area contributed by atoms with E-state index in [2.05, 4.69) is 15.9 Å². The molecule has 2 aromatic rings. The molecule has 0 aliphatic heterocycles. The number of rotatable bonds is 5. The van der Waals surface area contributed by atoms with Gasteiger partial charge in [0.2, 0.25) is 0 Å². The van der Waals surface area contributed by atoms with Gasteiger partial charge in [-0.05, 0) is 39.7 Å². The maximum Gasteiger partial charge on any atom is 0.335 e. The van der Waals surface area contributed by atoms with E-state index in [-0.39, 0.29) is 17.9 Å². The van der Waals surface area contributed by atoms with Gasteiger partial charge in [0, 0.05) is 12.1 Å². The summed E-state index contributed by atoms with van der Waals surface area (Å²) in [5.41, 5.74) is 0.707. The quantitative estimate of drug-likeness (QED) is 0.656. The van der Waals surface area contributed by atoms with Crippen LogP contribution >= 0.6 is 15.9 Å². The van der Waals surface area contributed by atoms with Crippen LogP contribution in [-0.2, 0) is 6.61 Å². The summed E-state index contributed by atoms with van der Waals surface area (Å²) in [4.78, 5) is 21.1. The average molecular weight is 352 g/mol. The molecular weight excluding hydrogens is 342 g/mol. The zero-order valence-corrected chi connectivity index (χ0v) is 12.2. The number of hydrogen-bond acceptors (Lipinski definition) is 4. The van der Waals surface area contributed by atoms with Crippen molar-refractivity contribution in [2.75, 3.05) is 0 Å². The van der Waals surface area contributed by atoms with Gasteiger partial charge in [-0.15, -0.1) is 0 Å². The molecule has 2 aromatic carbocycles. The number of carbonyl (C=O) groups is 1. The van der Waals surface area contributed by atoms with E-state index in [1.54, 1.807) is 18.2 Å². The zero-order chi connectivity index (χ0) is 15.4. The fourth-order valence-electron chi connectivity index (χ4n) is 1.67. The minimum absolute atomic E-state index is 0.0190. The number of aromatic carboxylic acids is 1. The summed E-state index contributed by atoms with van der Waals surface area (Å²) in [7, 11) is 0. The van der Waals surface area contributed by atoms with Gasteiger partial charge in [0.05, 0.1) is 15.0 Å². The molecule has 0 atom stereocenters. The van der Waals surface area contributed by atoms with Crippen molar-refractivity contribution in [3.8, 4) is 5.75 Å². The van der Waals surface area contributed by atoms with Crippen molar-refractivity contribution in [2.24, 2.45) is 0 Å². The molecule has 2 rings (SSSR count). The van der Waals surface area contributed by atoms with Crippen molar-refractivity contribution in [1.82, 2.24) is 0 Å². The van der Waals surface area contributed by atoms with Crippen LogP contribution in [-0.4, -0.2) is 16.0 Å². The van der Waals surface area contributed by atoms with E-state index >= 15 is 0 Å². The summed E-state index contributed by atoms with van der Waals surface area (Å²) in [5, 5.41) is 19.6. The summed E-state index contributed by atoms with van der Waals surface area (Å²) in [5.74, 6) is -0.691. The molecule has 0 radical (unpaired) electrons. The van der Waals surface area contributed by atoms with Crippen molar-refractivity contribution in [2.45, 2.75) is 6.61 Å². The zero-order valence-electron chi connectivity index (χ0n) is 10.7. The minimum Gasteiger partial charge on any atom is -0.488 e. The van der Waals surface area contributed by atoms with Crippen molar-refractivity contribution >= 4 is 27.6 Å². The Balaban J connectivity index is 2.16. The second kappa shape index (κ2) is 6.36. The number of nitro benzene ring substituents is 1. The third-order valence-corrected chi connectivity index (χ3v) is 3.35. The number of benzene rings is 2. The van der Waals surface area contributed by atoms with Crippen molar-refractivity contribution in [1.29, 1.82) is 0 Å². The predicted molar refractivity (Wildman–Crippen MR) is 78.5 cm³/mol. The number of non-ortho nitro benzene ring substituents is 1. The molecule has 0 amide bonds. The van der Waals surface area contributed by atoms with E-state index in [1.165, 1.54) is 24.3 Å². The smallest absolute Gasteiger partial charge is 0.335 e. The van der Waals surface area contributed by atoms with E-state index < -0.39 is 10.9 Å². The van der Waals surface area contributed by atoms with Crippen LogP contribution in [0.5, 0.6) is 5.75 Å². The lowest BCUT2D eigenvalue weighted by atomic mass is 10.2. The van der Waals surface area contributed by atoms with Crippen LogP contribution < -0.4 is 4.74 Å². The van der Waals surface area contributed by atoms with Crippen molar-refractivity contribution < 1.29 is 19.6 Å². The molecule has 0 unspecified atom stereocenters. The van der Waals surface area contributed by atoms with Crippen LogP contribution in [0.25, 0.3) is 0 Å². The Morgan fingerprint density at radius 1 is 1.29 bits per heavy atom. The molecule has 0 heterocycles. The van der Waals surface area contributed by atoms with E-state index in [0.717, 1.165) is 0 Å². The van der Waals surface area contributed by atoms with Gasteiger partial charge in [-0.1, -0.05) is 12.1 Å². The SMILES string of the molecule is O=C(O)c1ccc(Br)c(OCc2cccc([N+](=O)[O-])c2)c1. The number of ether oxygens (including phenoxy) is 1. The number of nitro groups is 1. The van der Waals surface area contributed by atoms with Crippen molar-refractivity contribution in [3.63, 3.8) is 0 Å². The maximum atomic E-state index is 10.9. The first kappa shape index (κ1) is 15.0. The molecule has 0 aromatic heterocycles. The van der Waals surface area contributed by atoms with E-state index in [9.17, 15) is 14.9 Å². The van der Waals surface area contributed by atoms with Crippen LogP contribution in [0.2, 0.25) is 0 Å². The van der Waals surface area contributed by atoms with Gasteiger partial charge in [0.25, 0.3) is 5.69 Å². The van der Waals surface area contributed by atoms with Crippen LogP contribution in [0.1, 0.15) is 15.9 Å². The second-order valence-electron chi connectivity index (χ2n) is 4.17. The van der Waals surface area contributed by atoms with Gasteiger partial charge < -0.3 is 9.84 Å². The molecule has 0 saturated heterocycles. The molecule has 0 aliphatic carbocycles. The Morgan fingerprint density at radius 2 is 2.05 bits per heavy atom. The molecule has 0 fully saturated rings. The highest BCUT2D eigenvalue weighted by atomic mass is 79.9. The lowest BCUT2D eigenvalue weighted by Crippen LogP contribution is -2.00. The van der Waals surface area contributed by atoms with Crippen LogP contribution in [0.4, 0.5) is 5.69 Å². The highest BCUT2D eigenvalue weighted by molar-refractivity contribution is 9.10. The van der Waals surface area contributed by atoms with Gasteiger partial charge in [0.15, 0.2) is 0 Å². The fourth-order valence-corrected chi connectivity index (χ4v) is 2.03. The van der Waals surface area contributed by atoms with E-state index in [4.69, 9.17) is 9.84 Å². The van der Waals surface area contributed by atoms with Crippen LogP contribution in [0, 0.1) is 10.1 Å². The fraction of sp³-hybridized carbons (Fsp3) is 0.0714. The normalized spacial score (nSPS) is 10.1. The number of halogens is 1. The average Bonchev–Trinajstić information content (AvgIpc) is 2.46. The number of carboxylic acid groups (broad SMARTS) is 1. The summed E-state index contributed by atoms with van der Waals surface area (Å²) in [6.07, 6.45) is 0. The first-order valence-corrected chi connectivity index (χ1v) is 6.65. The summed E-state index contributed by atoms with van der Waals surface area (Å²) < 4.78 is 6.12. The van der Waals surface area contributed by atoms with E-state index in [1.807, 2.05) is 0 Å². The van der Waals surface area contributed by atoms with Gasteiger partial charge >= 0.3 is 5.97 Å². The van der Waals surface area contributed by atoms with Gasteiger partial charge in [0.1, 0.15) is 12.4 Å². The molecule has 1 N–H and O–H groups in total. The Kier molecular flexibility index (Phi) is 4.54. The number of nitrogens with zero attached hydrogens (tertiary/aromatic N) is 1. The molecule has 0 saturated carbocycles. The third-order valence-electron chi connectivity index (χ3n) is 2.69. The molecule has 0 spiro atoms. The highest BCUT2D eigenvalue weighted by Crippen LogP contribution is 2.27. The maximum absolute atomic E-state index is 10.9. The standard InChI is InChI=1S/C14H10BrNO5/c15-12-5-4-10(14(17)18)7-13(12)21-8-9-2-1-3-11(6-9)16(19)20/h1-7H,8H2,(H,17,18). The Morgan fingerprint density at radius 3 is 2.71 bits per heavy atom. The molecule has 6 nitrogen and oxygen atoms in total. The molecule has 7 heteroatoms. The van der Waals surface area contributed by atoms with Gasteiger partial charge in [-0.25, -0.2) is 4.79 Å². The van der Waals surface area contributed by atoms with Crippen LogP contribution in [0.3, 0.4) is 0 Å². The number of hydrogen-bond donors (Lipinski definition) is 1. The molecule has 0 bridgehead atoms. The minimum atomic E-state index is -1.05. The highest BCUT2D eigenvalue weighted by Gasteiger charge is 2.10. The molecule has 21 heavy (non-hydrogen) atoms. The number of carboxylic acids is 1. The lowest BCUT2D eigenvalue weighted by molar-refractivity contribution is -0.384. The monoisotopic (exact) mass is 351 g/mol. The topological polar surface area (TPSA) is 89.7 Å². The second-order valence-corrected chi connectivity index (χ2v) is 5.02. The Labute approximate surface area is 128 Å². The third kappa shape index (κ3) is 3.79. The largest absolute Gasteiger partial charge is 0.488 e. The molecule has 108 valence electrons. The Hall–Kier alpha value is -2.41. The summed E-state index contributed by atoms with van der Waals surface area (Å²) >= 11 is 3.26. The summed E-state index contributed by atoms with van der Waals surface area (Å²) in [6.45, 7) is 0.101. The first-order chi connectivity index (χ1) is 9.97. The molecular formula is C14H10BrNO5. The van der Waals surface area contributed by atoms with E-state index in [0.29, 0.717) is 15.8 Å². The van der Waals surface area contributed by atoms with Gasteiger partial charge in [-0.3, -0.25) is 10.1 Å². The van der Waals surface area contributed by atoms with Gasteiger partial charge in [-0.2, -0.15) is 0 Å². The Bertz CT molecular complexity index is 702. The summed E-state index contributed by atoms with van der Waals surface area (Å²) in [6, 6.07) is 10.5. The first-order valence-electron chi connectivity index (χ1n) is 5.86. The molecule has 0 aliphatic rings. The lowest BCUT2D eigenvalue weighted by Gasteiger charge is -2.09. The van der Waals surface area contributed by atoms with Crippen molar-refractivity contribution in [3.05, 3.63) is 68.2 Å². The van der Waals surface area contributed by atoms with Crippen LogP contribution in [0.15, 0.2) is 46.9 Å². The predicted octanol–water partition coefficient (Wildman–Crippen LogP) is 3.63.